The van der Waals surface area contributed by atoms with E-state index in [0.29, 0.717) is 11.6 Å². The molecule has 0 bridgehead atoms. The van der Waals surface area contributed by atoms with E-state index < -0.39 is 0 Å². The van der Waals surface area contributed by atoms with Crippen molar-refractivity contribution in [3.63, 3.8) is 0 Å². The van der Waals surface area contributed by atoms with Crippen molar-refractivity contribution in [2.45, 2.75) is 26.7 Å². The summed E-state index contributed by atoms with van der Waals surface area (Å²) in [5, 5.41) is 2.96. The van der Waals surface area contributed by atoms with Gasteiger partial charge in [0.15, 0.2) is 5.13 Å². The molecule has 3 aromatic carbocycles. The van der Waals surface area contributed by atoms with E-state index in [1.54, 1.807) is 23.3 Å². The van der Waals surface area contributed by atoms with E-state index in [4.69, 9.17) is 9.72 Å². The van der Waals surface area contributed by atoms with Crippen molar-refractivity contribution in [3.05, 3.63) is 71.6 Å². The van der Waals surface area contributed by atoms with E-state index in [1.165, 1.54) is 0 Å². The average molecular weight is 417 g/mol. The molecule has 0 saturated heterocycles. The number of carbonyl (C=O) groups excluding carboxylic acids is 1. The number of benzene rings is 3. The van der Waals surface area contributed by atoms with Crippen molar-refractivity contribution >= 4 is 38.8 Å². The molecule has 0 atom stereocenters. The predicted octanol–water partition coefficient (Wildman–Crippen LogP) is 6.75. The largest absolute Gasteiger partial charge is 0.497 e. The zero-order valence-electron chi connectivity index (χ0n) is 17.4. The summed E-state index contributed by atoms with van der Waals surface area (Å²) >= 11 is 1.54. The fourth-order valence-electron chi connectivity index (χ4n) is 3.50. The summed E-state index contributed by atoms with van der Waals surface area (Å²) in [5.41, 5.74) is 2.76. The Hall–Kier alpha value is -3.18. The second kappa shape index (κ2) is 8.67. The molecule has 0 fully saturated rings. The van der Waals surface area contributed by atoms with E-state index in [2.05, 4.69) is 24.3 Å². The summed E-state index contributed by atoms with van der Waals surface area (Å²) in [6, 6.07) is 22.1. The van der Waals surface area contributed by atoms with Crippen LogP contribution in [-0.4, -0.2) is 18.0 Å². The molecule has 5 heteroatoms. The fourth-order valence-corrected chi connectivity index (χ4v) is 4.47. The van der Waals surface area contributed by atoms with Gasteiger partial charge in [-0.15, -0.1) is 11.3 Å². The van der Waals surface area contributed by atoms with Gasteiger partial charge >= 0.3 is 0 Å². The van der Waals surface area contributed by atoms with Gasteiger partial charge in [-0.3, -0.25) is 9.69 Å². The highest BCUT2D eigenvalue weighted by Gasteiger charge is 2.23. The smallest absolute Gasteiger partial charge is 0.233 e. The molecular weight excluding hydrogens is 392 g/mol. The first-order valence-electron chi connectivity index (χ1n) is 10.0. The van der Waals surface area contributed by atoms with Crippen molar-refractivity contribution in [1.82, 2.24) is 4.98 Å². The van der Waals surface area contributed by atoms with Gasteiger partial charge in [0, 0.05) is 16.9 Å². The van der Waals surface area contributed by atoms with Crippen LogP contribution in [0, 0.1) is 6.92 Å². The number of thiazole rings is 1. The Balaban J connectivity index is 1.78. The Bertz CT molecular complexity index is 1180. The number of carbonyl (C=O) groups is 1. The molecule has 0 spiro atoms. The van der Waals surface area contributed by atoms with Gasteiger partial charge in [-0.2, -0.15) is 0 Å². The van der Waals surface area contributed by atoms with E-state index in [9.17, 15) is 4.79 Å². The number of methoxy groups -OCH3 is 1. The van der Waals surface area contributed by atoms with Gasteiger partial charge in [-0.1, -0.05) is 37.3 Å². The zero-order chi connectivity index (χ0) is 21.1. The van der Waals surface area contributed by atoms with Crippen LogP contribution in [0.2, 0.25) is 0 Å². The van der Waals surface area contributed by atoms with Crippen molar-refractivity contribution in [2.75, 3.05) is 12.0 Å². The average Bonchev–Trinajstić information content (AvgIpc) is 3.15. The van der Waals surface area contributed by atoms with Crippen LogP contribution in [0.1, 0.15) is 24.6 Å². The van der Waals surface area contributed by atoms with Gasteiger partial charge in [0.25, 0.3) is 0 Å². The third-order valence-corrected chi connectivity index (χ3v) is 6.00. The van der Waals surface area contributed by atoms with E-state index in [1.807, 2.05) is 56.3 Å². The molecule has 0 saturated carbocycles. The van der Waals surface area contributed by atoms with Gasteiger partial charge in [0.05, 0.1) is 18.5 Å². The first-order valence-corrected chi connectivity index (χ1v) is 10.9. The summed E-state index contributed by atoms with van der Waals surface area (Å²) in [4.78, 5) is 20.8. The van der Waals surface area contributed by atoms with Gasteiger partial charge < -0.3 is 4.74 Å². The number of hydrogen-bond acceptors (Lipinski definition) is 4. The highest BCUT2D eigenvalue weighted by Crippen LogP contribution is 2.37. The zero-order valence-corrected chi connectivity index (χ0v) is 18.2. The van der Waals surface area contributed by atoms with Crippen LogP contribution in [0.4, 0.5) is 10.8 Å². The maximum atomic E-state index is 13.1. The number of anilines is 2. The molecule has 30 heavy (non-hydrogen) atoms. The Morgan fingerprint density at radius 1 is 1.03 bits per heavy atom. The van der Waals surface area contributed by atoms with Crippen LogP contribution >= 0.6 is 11.3 Å². The van der Waals surface area contributed by atoms with Crippen LogP contribution in [0.25, 0.3) is 22.0 Å². The summed E-state index contributed by atoms with van der Waals surface area (Å²) in [5.74, 6) is 0.866. The maximum Gasteiger partial charge on any atom is 0.233 e. The third kappa shape index (κ3) is 3.94. The molecule has 1 amide bonds. The number of rotatable bonds is 6. The van der Waals surface area contributed by atoms with Gasteiger partial charge in [0.2, 0.25) is 5.91 Å². The summed E-state index contributed by atoms with van der Waals surface area (Å²) in [6.07, 6.45) is 1.27. The summed E-state index contributed by atoms with van der Waals surface area (Å²) in [6.45, 7) is 4.07. The van der Waals surface area contributed by atoms with Crippen LogP contribution in [0.3, 0.4) is 0 Å². The maximum absolute atomic E-state index is 13.1. The lowest BCUT2D eigenvalue weighted by Crippen LogP contribution is -2.25. The van der Waals surface area contributed by atoms with E-state index in [-0.39, 0.29) is 5.91 Å². The molecule has 0 unspecified atom stereocenters. The molecule has 152 valence electrons. The minimum Gasteiger partial charge on any atom is -0.497 e. The number of ether oxygens (including phenoxy) is 1. The van der Waals surface area contributed by atoms with Gasteiger partial charge in [-0.05, 0) is 60.5 Å². The topological polar surface area (TPSA) is 42.4 Å². The molecule has 4 nitrogen and oxygen atoms in total. The lowest BCUT2D eigenvalue weighted by molar-refractivity contribution is -0.117. The molecular formula is C25H24N2O2S. The van der Waals surface area contributed by atoms with E-state index in [0.717, 1.165) is 44.8 Å². The lowest BCUT2D eigenvalue weighted by atomic mass is 10.1. The minimum atomic E-state index is 0.0582. The minimum absolute atomic E-state index is 0.0582. The van der Waals surface area contributed by atoms with Crippen molar-refractivity contribution < 1.29 is 9.53 Å². The number of fused-ring (bicyclic) bond motifs is 1. The number of aromatic nitrogens is 1. The molecule has 0 aliphatic rings. The Morgan fingerprint density at radius 2 is 1.77 bits per heavy atom. The first kappa shape index (κ1) is 20.1. The molecule has 4 aromatic rings. The highest BCUT2D eigenvalue weighted by molar-refractivity contribution is 7.16. The second-order valence-electron chi connectivity index (χ2n) is 7.14. The lowest BCUT2D eigenvalue weighted by Gasteiger charge is -2.20. The third-order valence-electron chi connectivity index (χ3n) is 5.04. The molecule has 1 heterocycles. The number of nitrogens with zero attached hydrogens (tertiary/aromatic N) is 2. The highest BCUT2D eigenvalue weighted by atomic mass is 32.1. The van der Waals surface area contributed by atoms with Crippen molar-refractivity contribution in [3.8, 4) is 17.0 Å². The van der Waals surface area contributed by atoms with Crippen LogP contribution in [-0.2, 0) is 4.79 Å². The first-order chi connectivity index (χ1) is 14.6. The molecule has 0 radical (unpaired) electrons. The van der Waals surface area contributed by atoms with Crippen molar-refractivity contribution in [2.24, 2.45) is 0 Å². The summed E-state index contributed by atoms with van der Waals surface area (Å²) < 4.78 is 5.26. The number of amides is 1. The Kier molecular flexibility index (Phi) is 5.81. The standard InChI is InChI=1S/C25H24N2O2S/c1-4-7-23(28)27(21-13-10-18-8-5-6-9-20(18)16-21)25-26-24(17(2)30-25)19-11-14-22(29-3)15-12-19/h5-6,8-16H,4,7H2,1-3H3. The Morgan fingerprint density at radius 3 is 2.47 bits per heavy atom. The second-order valence-corrected chi connectivity index (χ2v) is 8.32. The monoisotopic (exact) mass is 416 g/mol. The predicted molar refractivity (Wildman–Crippen MR) is 125 cm³/mol. The van der Waals surface area contributed by atoms with E-state index >= 15 is 0 Å². The quantitative estimate of drug-likeness (QED) is 0.349. The molecule has 0 N–H and O–H groups in total. The molecule has 4 rings (SSSR count). The van der Waals surface area contributed by atoms with Crippen LogP contribution < -0.4 is 9.64 Å². The normalized spacial score (nSPS) is 10.9. The van der Waals surface area contributed by atoms with Gasteiger partial charge in [-0.25, -0.2) is 4.98 Å². The fraction of sp³-hybridized carbons (Fsp3) is 0.200. The van der Waals surface area contributed by atoms with Gasteiger partial charge in [0.1, 0.15) is 5.75 Å². The SMILES string of the molecule is CCCC(=O)N(c1ccc2ccccc2c1)c1nc(-c2ccc(OC)cc2)c(C)s1. The molecule has 0 aliphatic heterocycles. The number of hydrogen-bond donors (Lipinski definition) is 0. The molecule has 0 aliphatic carbocycles. The summed E-state index contributed by atoms with van der Waals surface area (Å²) in [7, 11) is 1.65. The van der Waals surface area contributed by atoms with Crippen LogP contribution in [0.15, 0.2) is 66.7 Å². The van der Waals surface area contributed by atoms with Crippen LogP contribution in [0.5, 0.6) is 5.75 Å². The van der Waals surface area contributed by atoms with Crippen molar-refractivity contribution in [1.29, 1.82) is 0 Å². The number of aryl methyl sites for hydroxylation is 1. The Labute approximate surface area is 180 Å². The molecule has 1 aromatic heterocycles.